The van der Waals surface area contributed by atoms with Crippen molar-refractivity contribution < 1.29 is 8.83 Å². The van der Waals surface area contributed by atoms with Crippen molar-refractivity contribution in [2.45, 2.75) is 129 Å². The van der Waals surface area contributed by atoms with Gasteiger partial charge in [-0.2, -0.15) is 0 Å². The van der Waals surface area contributed by atoms with Gasteiger partial charge in [0.1, 0.15) is 22.3 Å². The van der Waals surface area contributed by atoms with Gasteiger partial charge in [0.2, 0.25) is 0 Å². The third-order valence-electron chi connectivity index (χ3n) is 17.6. The fourth-order valence-electron chi connectivity index (χ4n) is 13.5. The molecule has 5 heteroatoms. The van der Waals surface area contributed by atoms with Crippen LogP contribution in [0.4, 0.5) is 11.4 Å². The number of hydrogen-bond donors (Lipinski definition) is 0. The zero-order chi connectivity index (χ0) is 46.1. The predicted molar refractivity (Wildman–Crippen MR) is 284 cm³/mol. The summed E-state index contributed by atoms with van der Waals surface area (Å²) in [5.41, 5.74) is 22.5. The van der Waals surface area contributed by atoms with Gasteiger partial charge in [0.05, 0.1) is 16.4 Å². The zero-order valence-corrected chi connectivity index (χ0v) is 41.0. The topological polar surface area (TPSA) is 34.5 Å². The molecule has 7 aromatic carbocycles. The fraction of sp³-hybridized carbons (Fsp3) is 0.323. The monoisotopic (exact) mass is 874 g/mol. The second kappa shape index (κ2) is 12.5. The van der Waals surface area contributed by atoms with Crippen molar-refractivity contribution in [3.8, 4) is 16.8 Å². The number of nitrogens with zero attached hydrogens (tertiary/aromatic N) is 2. The van der Waals surface area contributed by atoms with Crippen molar-refractivity contribution >= 4 is 94.8 Å². The molecule has 0 unspecified atom stereocenters. The highest BCUT2D eigenvalue weighted by Gasteiger charge is 2.49. The van der Waals surface area contributed by atoms with E-state index in [1.807, 2.05) is 0 Å². The quantitative estimate of drug-likeness (QED) is 0.154. The summed E-state index contributed by atoms with van der Waals surface area (Å²) in [7, 11) is 0. The van der Waals surface area contributed by atoms with Gasteiger partial charge in [-0.25, -0.2) is 0 Å². The van der Waals surface area contributed by atoms with Crippen LogP contribution in [-0.2, 0) is 27.1 Å². The van der Waals surface area contributed by atoms with Crippen LogP contribution in [0.3, 0.4) is 0 Å². The minimum absolute atomic E-state index is 0.0168. The number of para-hydroxylation sites is 2. The first-order chi connectivity index (χ1) is 31.8. The van der Waals surface area contributed by atoms with Crippen molar-refractivity contribution in [3.05, 3.63) is 137 Å². The van der Waals surface area contributed by atoms with Crippen LogP contribution >= 0.6 is 0 Å². The molecule has 10 aromatic rings. The molecule has 0 saturated carbocycles. The summed E-state index contributed by atoms with van der Waals surface area (Å²) in [5.74, 6) is 0. The van der Waals surface area contributed by atoms with Gasteiger partial charge in [0.25, 0.3) is 0 Å². The maximum atomic E-state index is 7.36. The number of rotatable bonds is 1. The van der Waals surface area contributed by atoms with Crippen LogP contribution in [0.5, 0.6) is 0 Å². The average molecular weight is 875 g/mol. The molecule has 4 aliphatic rings. The SMILES string of the molecule is CC(C)(C)c1ccc(N2B3c4cc5c(cc4-n4c6cc7c(cc6c6c8oc9ccccc9c8c(c3c64)-c3cc4c(cc32)C(C)(C)CCC4(C)C)C(C)(C)CCC7(C)C)oc2ccccc25)cc1. The van der Waals surface area contributed by atoms with Gasteiger partial charge in [0, 0.05) is 55.6 Å². The van der Waals surface area contributed by atoms with E-state index < -0.39 is 0 Å². The van der Waals surface area contributed by atoms with E-state index in [4.69, 9.17) is 8.83 Å². The highest BCUT2D eigenvalue weighted by Crippen LogP contribution is 2.57. The Morgan fingerprint density at radius 2 is 1.10 bits per heavy atom. The summed E-state index contributed by atoms with van der Waals surface area (Å²) in [4.78, 5) is 2.74. The van der Waals surface area contributed by atoms with Crippen molar-refractivity contribution in [2.75, 3.05) is 4.81 Å². The van der Waals surface area contributed by atoms with Crippen molar-refractivity contribution in [2.24, 2.45) is 0 Å². The molecule has 4 nitrogen and oxygen atoms in total. The molecule has 0 fully saturated rings. The van der Waals surface area contributed by atoms with Gasteiger partial charge in [-0.1, -0.05) is 131 Å². The number of aromatic nitrogens is 1. The normalized spacial score (nSPS) is 18.6. The smallest absolute Gasteiger partial charge is 0.333 e. The Morgan fingerprint density at radius 1 is 0.522 bits per heavy atom. The van der Waals surface area contributed by atoms with E-state index in [0.717, 1.165) is 58.8 Å². The third kappa shape index (κ3) is 5.11. The van der Waals surface area contributed by atoms with Crippen molar-refractivity contribution in [1.29, 1.82) is 0 Å². The summed E-state index contributed by atoms with van der Waals surface area (Å²) in [6, 6.07) is 42.3. The zero-order valence-electron chi connectivity index (χ0n) is 41.0. The molecule has 67 heavy (non-hydrogen) atoms. The Kier molecular flexibility index (Phi) is 7.43. The lowest BCUT2D eigenvalue weighted by Crippen LogP contribution is -2.60. The van der Waals surface area contributed by atoms with E-state index in [-0.39, 0.29) is 33.9 Å². The molecule has 0 amide bonds. The molecular weight excluding hydrogens is 816 g/mol. The Labute approximate surface area is 394 Å². The fourth-order valence-corrected chi connectivity index (χ4v) is 13.5. The van der Waals surface area contributed by atoms with Crippen LogP contribution in [0.1, 0.15) is 130 Å². The van der Waals surface area contributed by atoms with Crippen molar-refractivity contribution in [3.63, 3.8) is 0 Å². The summed E-state index contributed by atoms with van der Waals surface area (Å²) in [6.07, 6.45) is 4.60. The van der Waals surface area contributed by atoms with Crippen LogP contribution in [0.2, 0.25) is 0 Å². The molecule has 14 rings (SSSR count). The summed E-state index contributed by atoms with van der Waals surface area (Å²) in [6.45, 7) is 26.5. The standard InChI is InChI=1S/C62H59BN2O2/c1-58(2,3)34-20-22-35(23-21-34)65-47-32-44-42(60(6,7)25-27-62(44,10)11)29-40(47)52-53-37-17-13-15-19-50(37)67-57(53)54-39-28-41-43(61(8,9)26-24-59(41,4)5)31-46(39)64-48-33-51-38(36-16-12-14-18-49(36)66-51)30-45(48)63(65)55(52)56(54)64/h12-23,28-33H,24-27H2,1-11H3. The third-order valence-corrected chi connectivity index (χ3v) is 17.6. The van der Waals surface area contributed by atoms with Gasteiger partial charge >= 0.3 is 6.85 Å². The summed E-state index contributed by atoms with van der Waals surface area (Å²) in [5, 5.41) is 7.20. The Balaban J connectivity index is 1.25. The van der Waals surface area contributed by atoms with Gasteiger partial charge in [0.15, 0.2) is 0 Å². The lowest BCUT2D eigenvalue weighted by molar-refractivity contribution is 0.332. The van der Waals surface area contributed by atoms with Crippen LogP contribution in [0.15, 0.2) is 118 Å². The molecule has 0 atom stereocenters. The summed E-state index contributed by atoms with van der Waals surface area (Å²) < 4.78 is 16.8. The Hall–Kier alpha value is -6.20. The summed E-state index contributed by atoms with van der Waals surface area (Å²) >= 11 is 0. The number of fused-ring (bicyclic) bond motifs is 18. The molecule has 2 aliphatic heterocycles. The molecule has 0 N–H and O–H groups in total. The second-order valence-corrected chi connectivity index (χ2v) is 24.6. The predicted octanol–water partition coefficient (Wildman–Crippen LogP) is 15.8. The van der Waals surface area contributed by atoms with Crippen LogP contribution in [0.25, 0.3) is 82.5 Å². The molecule has 332 valence electrons. The van der Waals surface area contributed by atoms with Crippen LogP contribution < -0.4 is 15.7 Å². The lowest BCUT2D eigenvalue weighted by Gasteiger charge is -2.46. The van der Waals surface area contributed by atoms with Crippen LogP contribution in [0, 0.1) is 0 Å². The first kappa shape index (κ1) is 39.9. The Morgan fingerprint density at radius 3 is 1.76 bits per heavy atom. The molecule has 0 saturated heterocycles. The first-order valence-electron chi connectivity index (χ1n) is 24.9. The Bertz CT molecular complexity index is 3860. The molecule has 3 aromatic heterocycles. The number of furan rings is 2. The highest BCUT2D eigenvalue weighted by molar-refractivity contribution is 6.94. The van der Waals surface area contributed by atoms with E-state index in [2.05, 4.69) is 195 Å². The van der Waals surface area contributed by atoms with E-state index in [1.165, 1.54) is 99.5 Å². The van der Waals surface area contributed by atoms with E-state index in [1.54, 1.807) is 0 Å². The van der Waals surface area contributed by atoms with Crippen LogP contribution in [-0.4, -0.2) is 11.4 Å². The molecule has 2 aliphatic carbocycles. The number of hydrogen-bond acceptors (Lipinski definition) is 3. The molecular formula is C62H59BN2O2. The highest BCUT2D eigenvalue weighted by atomic mass is 16.3. The first-order valence-corrected chi connectivity index (χ1v) is 24.9. The lowest BCUT2D eigenvalue weighted by atomic mass is 9.43. The van der Waals surface area contributed by atoms with Gasteiger partial charge < -0.3 is 18.2 Å². The van der Waals surface area contributed by atoms with E-state index in [0.29, 0.717) is 0 Å². The average Bonchev–Trinajstić information content (AvgIpc) is 3.97. The number of anilines is 2. The second-order valence-electron chi connectivity index (χ2n) is 24.6. The van der Waals surface area contributed by atoms with Gasteiger partial charge in [-0.3, -0.25) is 0 Å². The molecule has 0 radical (unpaired) electrons. The largest absolute Gasteiger partial charge is 0.456 e. The van der Waals surface area contributed by atoms with E-state index >= 15 is 0 Å². The minimum atomic E-state index is -0.159. The van der Waals surface area contributed by atoms with Gasteiger partial charge in [-0.05, 0) is 146 Å². The molecule has 0 spiro atoms. The van der Waals surface area contributed by atoms with Gasteiger partial charge in [-0.15, -0.1) is 0 Å². The number of benzene rings is 7. The minimum Gasteiger partial charge on any atom is -0.456 e. The molecule has 5 heterocycles. The van der Waals surface area contributed by atoms with Crippen molar-refractivity contribution in [1.82, 2.24) is 4.57 Å². The maximum absolute atomic E-state index is 7.36. The molecule has 0 bridgehead atoms. The maximum Gasteiger partial charge on any atom is 0.333 e. The van der Waals surface area contributed by atoms with E-state index in [9.17, 15) is 0 Å².